The van der Waals surface area contributed by atoms with Crippen molar-refractivity contribution in [2.75, 3.05) is 40.9 Å². The summed E-state index contributed by atoms with van der Waals surface area (Å²) in [4.78, 5) is 12.4. The van der Waals surface area contributed by atoms with E-state index in [0.717, 1.165) is 11.5 Å². The number of rotatable bonds is 9. The van der Waals surface area contributed by atoms with Crippen molar-refractivity contribution in [1.29, 1.82) is 0 Å². The van der Waals surface area contributed by atoms with E-state index in [9.17, 15) is 0 Å². The molecule has 0 bridgehead atoms. The molecule has 0 fully saturated rings. The Morgan fingerprint density at radius 1 is 0.649 bits per heavy atom. The lowest BCUT2D eigenvalue weighted by Crippen LogP contribution is -2.02. The predicted octanol–water partition coefficient (Wildman–Crippen LogP) is 4.84. The average Bonchev–Trinajstić information content (AvgIpc) is 2.94. The van der Waals surface area contributed by atoms with Crippen LogP contribution >= 0.6 is 0 Å². The topological polar surface area (TPSA) is 126 Å². The Labute approximate surface area is 214 Å². The molecule has 0 amide bonds. The summed E-state index contributed by atoms with van der Waals surface area (Å²) < 4.78 is 31.6. The monoisotopic (exact) mass is 508 g/mol. The normalized spacial score (nSPS) is 9.86. The molecule has 1 heterocycles. The van der Waals surface area contributed by atoms with Crippen LogP contribution in [-0.2, 0) is 0 Å². The van der Waals surface area contributed by atoms with Crippen molar-refractivity contribution in [2.45, 2.75) is 0 Å². The highest BCUT2D eigenvalue weighted by atomic mass is 16.5. The van der Waals surface area contributed by atoms with E-state index in [-0.39, 0.29) is 11.8 Å². The van der Waals surface area contributed by atoms with Gasteiger partial charge in [-0.25, -0.2) is 4.98 Å². The first-order chi connectivity index (χ1) is 18.0. The fourth-order valence-corrected chi connectivity index (χ4v) is 3.00. The average molecular weight is 509 g/mol. The van der Waals surface area contributed by atoms with Crippen molar-refractivity contribution in [3.05, 3.63) is 67.0 Å². The molecule has 0 aliphatic heterocycles. The number of phenolic OH excluding ortho intramolecular Hbond substituents is 1. The number of nitrogens with one attached hydrogen (secondary N) is 1. The third kappa shape index (κ3) is 7.52. The summed E-state index contributed by atoms with van der Waals surface area (Å²) in [5.41, 5.74) is 0.649. The summed E-state index contributed by atoms with van der Waals surface area (Å²) in [5.74, 6) is 4.13. The summed E-state index contributed by atoms with van der Waals surface area (Å²) >= 11 is 0. The van der Waals surface area contributed by atoms with Crippen molar-refractivity contribution in [1.82, 2.24) is 15.0 Å². The molecule has 4 aromatic rings. The third-order valence-corrected chi connectivity index (χ3v) is 4.81. The maximum Gasteiger partial charge on any atom is 0.326 e. The summed E-state index contributed by atoms with van der Waals surface area (Å²) in [6, 6.07) is 17.3. The largest absolute Gasteiger partial charge is 0.508 e. The molecule has 194 valence electrons. The first kappa shape index (κ1) is 26.7. The molecule has 37 heavy (non-hydrogen) atoms. The zero-order valence-corrected chi connectivity index (χ0v) is 21.1. The van der Waals surface area contributed by atoms with Crippen LogP contribution in [0.3, 0.4) is 0 Å². The third-order valence-electron chi connectivity index (χ3n) is 4.81. The number of phenols is 1. The predicted molar refractivity (Wildman–Crippen MR) is 137 cm³/mol. The highest BCUT2D eigenvalue weighted by molar-refractivity contribution is 5.65. The van der Waals surface area contributed by atoms with Gasteiger partial charge in [-0.3, -0.25) is 0 Å². The van der Waals surface area contributed by atoms with E-state index in [2.05, 4.69) is 20.3 Å². The van der Waals surface area contributed by atoms with Gasteiger partial charge < -0.3 is 38.8 Å². The molecule has 4 rings (SSSR count). The standard InChI is InChI=1S/C19H20N4O5.C7H8O2/c1-24-13-5-7-14(8-6-13)28-19-21-11-20-18(23-19)22-12-9-15(25-2)17(27-4)16(10-12)26-3;1-9-7-4-2-6(8)3-5-7/h5-11H,1-4H3,(H,20,21,22,23);2-5,8H,1H3. The molecule has 2 N–H and O–H groups in total. The maximum absolute atomic E-state index is 8.80. The molecule has 11 nitrogen and oxygen atoms in total. The highest BCUT2D eigenvalue weighted by Gasteiger charge is 2.14. The molecule has 0 spiro atoms. The van der Waals surface area contributed by atoms with Gasteiger partial charge in [0.25, 0.3) is 0 Å². The molecule has 0 atom stereocenters. The molecule has 1 aromatic heterocycles. The molecule has 0 unspecified atom stereocenters. The highest BCUT2D eigenvalue weighted by Crippen LogP contribution is 2.40. The molecule has 3 aromatic carbocycles. The molecular formula is C26H28N4O7. The number of aromatic hydroxyl groups is 1. The van der Waals surface area contributed by atoms with E-state index in [4.69, 9.17) is 33.5 Å². The summed E-state index contributed by atoms with van der Waals surface area (Å²) in [5, 5.41) is 11.9. The minimum atomic E-state index is 0.148. The molecule has 11 heteroatoms. The van der Waals surface area contributed by atoms with Crippen molar-refractivity contribution < 1.29 is 33.5 Å². The van der Waals surface area contributed by atoms with E-state index in [0.29, 0.717) is 34.6 Å². The molecule has 0 aliphatic carbocycles. The Morgan fingerprint density at radius 3 is 1.70 bits per heavy atom. The lowest BCUT2D eigenvalue weighted by Gasteiger charge is -2.14. The van der Waals surface area contributed by atoms with Gasteiger partial charge in [0.05, 0.1) is 35.5 Å². The van der Waals surface area contributed by atoms with Gasteiger partial charge in [-0.1, -0.05) is 0 Å². The quantitative estimate of drug-likeness (QED) is 0.322. The fraction of sp³-hybridized carbons (Fsp3) is 0.192. The number of benzene rings is 3. The first-order valence-electron chi connectivity index (χ1n) is 10.9. The van der Waals surface area contributed by atoms with Crippen LogP contribution in [0.4, 0.5) is 11.6 Å². The van der Waals surface area contributed by atoms with Crippen LogP contribution in [0.25, 0.3) is 0 Å². The van der Waals surface area contributed by atoms with E-state index in [1.807, 2.05) is 0 Å². The summed E-state index contributed by atoms with van der Waals surface area (Å²) in [6.45, 7) is 0. The molecular weight excluding hydrogens is 480 g/mol. The lowest BCUT2D eigenvalue weighted by atomic mass is 10.2. The van der Waals surface area contributed by atoms with E-state index < -0.39 is 0 Å². The Morgan fingerprint density at radius 2 is 1.19 bits per heavy atom. The molecule has 0 saturated carbocycles. The van der Waals surface area contributed by atoms with Crippen LogP contribution in [0.1, 0.15) is 0 Å². The van der Waals surface area contributed by atoms with Crippen LogP contribution in [0.5, 0.6) is 46.3 Å². The number of ether oxygens (including phenoxy) is 6. The number of aromatic nitrogens is 3. The fourth-order valence-electron chi connectivity index (χ4n) is 3.00. The van der Waals surface area contributed by atoms with Gasteiger partial charge >= 0.3 is 6.01 Å². The zero-order valence-electron chi connectivity index (χ0n) is 21.1. The van der Waals surface area contributed by atoms with Crippen molar-refractivity contribution in [3.63, 3.8) is 0 Å². The van der Waals surface area contributed by atoms with Gasteiger partial charge in [-0.05, 0) is 48.5 Å². The summed E-state index contributed by atoms with van der Waals surface area (Å²) in [6.07, 6.45) is 1.35. The first-order valence-corrected chi connectivity index (χ1v) is 10.9. The van der Waals surface area contributed by atoms with Gasteiger partial charge in [0.2, 0.25) is 11.7 Å². The van der Waals surface area contributed by atoms with Gasteiger partial charge in [-0.15, -0.1) is 0 Å². The zero-order chi connectivity index (χ0) is 26.6. The molecule has 0 aliphatic rings. The number of nitrogens with zero attached hydrogens (tertiary/aromatic N) is 3. The number of hydrogen-bond acceptors (Lipinski definition) is 11. The molecule has 0 saturated heterocycles. The SMILES string of the molecule is COc1ccc(O)cc1.COc1ccc(Oc2ncnc(Nc3cc(OC)c(OC)c(OC)c3)n2)cc1. The number of anilines is 2. The maximum atomic E-state index is 8.80. The minimum absolute atomic E-state index is 0.148. The van der Waals surface area contributed by atoms with Crippen molar-refractivity contribution in [2.24, 2.45) is 0 Å². The Hall–Kier alpha value is -4.93. The van der Waals surface area contributed by atoms with Crippen LogP contribution in [-0.4, -0.2) is 55.6 Å². The molecule has 0 radical (unpaired) electrons. The van der Waals surface area contributed by atoms with E-state index in [1.54, 1.807) is 96.2 Å². The second kappa shape index (κ2) is 13.2. The van der Waals surface area contributed by atoms with Gasteiger partial charge in [0, 0.05) is 17.8 Å². The van der Waals surface area contributed by atoms with Crippen LogP contribution in [0.2, 0.25) is 0 Å². The van der Waals surface area contributed by atoms with Crippen LogP contribution in [0.15, 0.2) is 67.0 Å². The smallest absolute Gasteiger partial charge is 0.326 e. The van der Waals surface area contributed by atoms with Gasteiger partial charge in [-0.2, -0.15) is 9.97 Å². The number of hydrogen-bond donors (Lipinski definition) is 2. The van der Waals surface area contributed by atoms with Gasteiger partial charge in [0.1, 0.15) is 29.3 Å². The lowest BCUT2D eigenvalue weighted by molar-refractivity contribution is 0.324. The van der Waals surface area contributed by atoms with Crippen molar-refractivity contribution in [3.8, 4) is 46.3 Å². The van der Waals surface area contributed by atoms with E-state index in [1.165, 1.54) is 6.33 Å². The second-order valence-corrected chi connectivity index (χ2v) is 7.11. The Bertz CT molecular complexity index is 1240. The second-order valence-electron chi connectivity index (χ2n) is 7.11. The van der Waals surface area contributed by atoms with Crippen molar-refractivity contribution >= 4 is 11.6 Å². The summed E-state index contributed by atoms with van der Waals surface area (Å²) in [7, 11) is 7.83. The van der Waals surface area contributed by atoms with Crippen LogP contribution in [0, 0.1) is 0 Å². The van der Waals surface area contributed by atoms with Crippen LogP contribution < -0.4 is 33.7 Å². The number of methoxy groups -OCH3 is 5. The van der Waals surface area contributed by atoms with Gasteiger partial charge in [0.15, 0.2) is 11.5 Å². The Kier molecular flexibility index (Phi) is 9.54. The minimum Gasteiger partial charge on any atom is -0.508 e. The Balaban J connectivity index is 0.000000356. The van der Waals surface area contributed by atoms with E-state index >= 15 is 0 Å².